The molecular weight excluding hydrogens is 290 g/mol. The fourth-order valence-electron chi connectivity index (χ4n) is 2.51. The van der Waals surface area contributed by atoms with Crippen molar-refractivity contribution in [2.24, 2.45) is 5.10 Å². The number of phenolic OH excluding ortho intramolecular Hbond substituents is 1. The number of nitrogens with one attached hydrogen (secondary N) is 1. The minimum Gasteiger partial charge on any atom is -0.507 e. The summed E-state index contributed by atoms with van der Waals surface area (Å²) >= 11 is 0. The summed E-state index contributed by atoms with van der Waals surface area (Å²) in [6.07, 6.45) is 1.42. The van der Waals surface area contributed by atoms with Crippen LogP contribution in [0, 0.1) is 6.92 Å². The van der Waals surface area contributed by atoms with Gasteiger partial charge >= 0.3 is 0 Å². The first-order chi connectivity index (χ1) is 11.1. The standard InChI is InChI=1S/C18H17N3O2/c1-13-10-14-6-2-4-8-16(14)21(13)12-18(23)20-19-11-15-7-3-5-9-17(15)22/h2-11,22H,12H2,1H3,(H,20,23)/b19-11+. The predicted octanol–water partition coefficient (Wildman–Crippen LogP) is 2.81. The van der Waals surface area contributed by atoms with Crippen molar-refractivity contribution >= 4 is 23.0 Å². The van der Waals surface area contributed by atoms with Crippen LogP contribution in [0.15, 0.2) is 59.7 Å². The third-order valence-corrected chi connectivity index (χ3v) is 3.65. The van der Waals surface area contributed by atoms with Gasteiger partial charge in [0, 0.05) is 16.8 Å². The normalized spacial score (nSPS) is 11.2. The summed E-state index contributed by atoms with van der Waals surface area (Å²) in [5, 5.41) is 14.6. The number of rotatable bonds is 4. The fraction of sp³-hybridized carbons (Fsp3) is 0.111. The van der Waals surface area contributed by atoms with Gasteiger partial charge in [-0.1, -0.05) is 30.3 Å². The van der Waals surface area contributed by atoms with E-state index in [1.165, 1.54) is 6.21 Å². The fourth-order valence-corrected chi connectivity index (χ4v) is 2.51. The van der Waals surface area contributed by atoms with E-state index in [-0.39, 0.29) is 18.2 Å². The number of carbonyl (C=O) groups excluding carboxylic acids is 1. The Labute approximate surface area is 133 Å². The molecule has 5 heteroatoms. The van der Waals surface area contributed by atoms with E-state index in [0.29, 0.717) is 5.56 Å². The molecule has 0 fully saturated rings. The molecule has 0 saturated heterocycles. The van der Waals surface area contributed by atoms with E-state index in [2.05, 4.69) is 10.5 Å². The van der Waals surface area contributed by atoms with Gasteiger partial charge in [0.05, 0.1) is 6.21 Å². The molecule has 0 saturated carbocycles. The van der Waals surface area contributed by atoms with Gasteiger partial charge in [-0.3, -0.25) is 4.79 Å². The number of benzene rings is 2. The van der Waals surface area contributed by atoms with Crippen molar-refractivity contribution in [1.82, 2.24) is 9.99 Å². The number of amides is 1. The van der Waals surface area contributed by atoms with Gasteiger partial charge in [0.1, 0.15) is 12.3 Å². The Kier molecular flexibility index (Phi) is 4.10. The number of hydrazone groups is 1. The molecule has 0 aliphatic heterocycles. The molecule has 0 bridgehead atoms. The Bertz CT molecular complexity index is 881. The van der Waals surface area contributed by atoms with Crippen molar-refractivity contribution < 1.29 is 9.90 Å². The molecule has 0 atom stereocenters. The lowest BCUT2D eigenvalue weighted by atomic mass is 10.2. The van der Waals surface area contributed by atoms with Crippen molar-refractivity contribution in [3.05, 3.63) is 65.9 Å². The molecule has 0 radical (unpaired) electrons. The van der Waals surface area contributed by atoms with Crippen molar-refractivity contribution in [3.63, 3.8) is 0 Å². The van der Waals surface area contributed by atoms with E-state index >= 15 is 0 Å². The Balaban J connectivity index is 1.70. The molecule has 1 aromatic heterocycles. The number of phenols is 1. The average molecular weight is 307 g/mol. The molecule has 23 heavy (non-hydrogen) atoms. The van der Waals surface area contributed by atoms with E-state index in [0.717, 1.165) is 16.6 Å². The van der Waals surface area contributed by atoms with Gasteiger partial charge in [0.15, 0.2) is 0 Å². The molecule has 0 unspecified atom stereocenters. The Morgan fingerprint density at radius 3 is 2.78 bits per heavy atom. The maximum absolute atomic E-state index is 12.1. The highest BCUT2D eigenvalue weighted by Crippen LogP contribution is 2.18. The van der Waals surface area contributed by atoms with Gasteiger partial charge in [-0.05, 0) is 36.6 Å². The highest BCUT2D eigenvalue weighted by molar-refractivity contribution is 5.86. The monoisotopic (exact) mass is 307 g/mol. The molecule has 116 valence electrons. The average Bonchev–Trinajstić information content (AvgIpc) is 2.85. The van der Waals surface area contributed by atoms with Crippen LogP contribution in [0.3, 0.4) is 0 Å². The first-order valence-electron chi connectivity index (χ1n) is 7.30. The molecule has 3 rings (SSSR count). The number of nitrogens with zero attached hydrogens (tertiary/aromatic N) is 2. The number of aryl methyl sites for hydroxylation is 1. The number of para-hydroxylation sites is 2. The van der Waals surface area contributed by atoms with Crippen LogP contribution in [-0.2, 0) is 11.3 Å². The SMILES string of the molecule is Cc1cc2ccccc2n1CC(=O)N/N=C/c1ccccc1O. The molecule has 0 aliphatic rings. The zero-order valence-corrected chi connectivity index (χ0v) is 12.7. The topological polar surface area (TPSA) is 66.6 Å². The Morgan fingerprint density at radius 2 is 1.96 bits per heavy atom. The molecule has 1 heterocycles. The zero-order chi connectivity index (χ0) is 16.2. The van der Waals surface area contributed by atoms with Crippen molar-refractivity contribution in [2.75, 3.05) is 0 Å². The number of aromatic nitrogens is 1. The van der Waals surface area contributed by atoms with Gasteiger partial charge in [-0.25, -0.2) is 5.43 Å². The molecular formula is C18H17N3O2. The lowest BCUT2D eigenvalue weighted by Gasteiger charge is -2.07. The van der Waals surface area contributed by atoms with Crippen molar-refractivity contribution in [1.29, 1.82) is 0 Å². The quantitative estimate of drug-likeness (QED) is 0.575. The summed E-state index contributed by atoms with van der Waals surface area (Å²) in [4.78, 5) is 12.1. The van der Waals surface area contributed by atoms with E-state index in [1.807, 2.05) is 41.8 Å². The van der Waals surface area contributed by atoms with Crippen LogP contribution in [-0.4, -0.2) is 21.8 Å². The van der Waals surface area contributed by atoms with Crippen LogP contribution in [0.25, 0.3) is 10.9 Å². The summed E-state index contributed by atoms with van der Waals surface area (Å²) in [6.45, 7) is 2.16. The second-order valence-corrected chi connectivity index (χ2v) is 5.28. The van der Waals surface area contributed by atoms with Crippen LogP contribution >= 0.6 is 0 Å². The first-order valence-corrected chi connectivity index (χ1v) is 7.30. The van der Waals surface area contributed by atoms with E-state index in [4.69, 9.17) is 0 Å². The molecule has 5 nitrogen and oxygen atoms in total. The minimum absolute atomic E-state index is 0.123. The number of hydrogen-bond acceptors (Lipinski definition) is 3. The first kappa shape index (κ1) is 14.8. The smallest absolute Gasteiger partial charge is 0.259 e. The van der Waals surface area contributed by atoms with Gasteiger partial charge in [0.2, 0.25) is 0 Å². The summed E-state index contributed by atoms with van der Waals surface area (Å²) in [6, 6.07) is 16.8. The van der Waals surface area contributed by atoms with Gasteiger partial charge < -0.3 is 9.67 Å². The Hall–Kier alpha value is -3.08. The molecule has 0 aliphatic carbocycles. The number of aromatic hydroxyl groups is 1. The van der Waals surface area contributed by atoms with Gasteiger partial charge in [-0.15, -0.1) is 0 Å². The van der Waals surface area contributed by atoms with E-state index < -0.39 is 0 Å². The highest BCUT2D eigenvalue weighted by Gasteiger charge is 2.08. The predicted molar refractivity (Wildman–Crippen MR) is 90.5 cm³/mol. The third-order valence-electron chi connectivity index (χ3n) is 3.65. The molecule has 1 amide bonds. The molecule has 2 N–H and O–H groups in total. The summed E-state index contributed by atoms with van der Waals surface area (Å²) in [7, 11) is 0. The summed E-state index contributed by atoms with van der Waals surface area (Å²) < 4.78 is 1.94. The lowest BCUT2D eigenvalue weighted by Crippen LogP contribution is -2.23. The number of carbonyl (C=O) groups is 1. The third kappa shape index (κ3) is 3.23. The molecule has 3 aromatic rings. The minimum atomic E-state index is -0.221. The van der Waals surface area contributed by atoms with Crippen LogP contribution in [0.2, 0.25) is 0 Å². The largest absolute Gasteiger partial charge is 0.507 e. The highest BCUT2D eigenvalue weighted by atomic mass is 16.3. The van der Waals surface area contributed by atoms with Crippen molar-refractivity contribution in [3.8, 4) is 5.75 Å². The summed E-state index contributed by atoms with van der Waals surface area (Å²) in [5.41, 5.74) is 5.08. The van der Waals surface area contributed by atoms with Crippen LogP contribution < -0.4 is 5.43 Å². The zero-order valence-electron chi connectivity index (χ0n) is 12.7. The van der Waals surface area contributed by atoms with Crippen LogP contribution in [0.1, 0.15) is 11.3 Å². The second kappa shape index (κ2) is 6.36. The lowest BCUT2D eigenvalue weighted by molar-refractivity contribution is -0.121. The maximum Gasteiger partial charge on any atom is 0.259 e. The van der Waals surface area contributed by atoms with Crippen molar-refractivity contribution in [2.45, 2.75) is 13.5 Å². The Morgan fingerprint density at radius 1 is 1.22 bits per heavy atom. The van der Waals surface area contributed by atoms with Gasteiger partial charge in [-0.2, -0.15) is 5.10 Å². The number of hydrogen-bond donors (Lipinski definition) is 2. The van der Waals surface area contributed by atoms with E-state index in [1.54, 1.807) is 24.3 Å². The molecule has 0 spiro atoms. The van der Waals surface area contributed by atoms with Crippen LogP contribution in [0.4, 0.5) is 0 Å². The molecule has 2 aromatic carbocycles. The van der Waals surface area contributed by atoms with Crippen LogP contribution in [0.5, 0.6) is 5.75 Å². The maximum atomic E-state index is 12.1. The second-order valence-electron chi connectivity index (χ2n) is 5.28. The summed E-state index contributed by atoms with van der Waals surface area (Å²) in [5.74, 6) is -0.0983. The number of fused-ring (bicyclic) bond motifs is 1. The van der Waals surface area contributed by atoms with Gasteiger partial charge in [0.25, 0.3) is 5.91 Å². The van der Waals surface area contributed by atoms with E-state index in [9.17, 15) is 9.90 Å².